The van der Waals surface area contributed by atoms with Gasteiger partial charge in [0, 0.05) is 13.1 Å². The van der Waals surface area contributed by atoms with E-state index in [1.54, 1.807) is 0 Å². The highest BCUT2D eigenvalue weighted by atomic mass is 14.9. The molecule has 1 saturated heterocycles. The van der Waals surface area contributed by atoms with Crippen LogP contribution in [0.25, 0.3) is 0 Å². The van der Waals surface area contributed by atoms with E-state index in [-0.39, 0.29) is 0 Å². The van der Waals surface area contributed by atoms with Crippen molar-refractivity contribution in [2.75, 3.05) is 13.1 Å². The van der Waals surface area contributed by atoms with Gasteiger partial charge in [-0.15, -0.1) is 0 Å². The lowest BCUT2D eigenvalue weighted by atomic mass is 9.76. The van der Waals surface area contributed by atoms with E-state index >= 15 is 0 Å². The largest absolute Gasteiger partial charge is 0.241 e. The van der Waals surface area contributed by atoms with Crippen LogP contribution in [-0.4, -0.2) is 13.1 Å². The van der Waals surface area contributed by atoms with Gasteiger partial charge in [-0.3, -0.25) is 0 Å². The summed E-state index contributed by atoms with van der Waals surface area (Å²) in [7, 11) is 0. The highest BCUT2D eigenvalue weighted by molar-refractivity contribution is 4.88. The molecule has 0 amide bonds. The summed E-state index contributed by atoms with van der Waals surface area (Å²) >= 11 is 0. The molecular formula is C11H20N. The normalized spacial score (nSPS) is 30.0. The van der Waals surface area contributed by atoms with Crippen LogP contribution in [0.4, 0.5) is 0 Å². The van der Waals surface area contributed by atoms with Crippen molar-refractivity contribution in [3.63, 3.8) is 0 Å². The highest BCUT2D eigenvalue weighted by Crippen LogP contribution is 2.39. The Morgan fingerprint density at radius 1 is 0.750 bits per heavy atom. The van der Waals surface area contributed by atoms with E-state index in [1.807, 2.05) is 0 Å². The maximum Gasteiger partial charge on any atom is 0.0190 e. The molecule has 0 aromatic carbocycles. The number of nitrogens with zero attached hydrogens (tertiary/aromatic N) is 1. The molecular weight excluding hydrogens is 146 g/mol. The minimum Gasteiger partial charge on any atom is -0.241 e. The first-order valence-corrected chi connectivity index (χ1v) is 5.55. The molecule has 2 rings (SSSR count). The van der Waals surface area contributed by atoms with Crippen molar-refractivity contribution in [1.82, 2.24) is 5.32 Å². The molecule has 0 unspecified atom stereocenters. The second-order valence-electron chi connectivity index (χ2n) is 4.62. The van der Waals surface area contributed by atoms with Crippen molar-refractivity contribution in [2.24, 2.45) is 5.41 Å². The minimum atomic E-state index is 0.681. The summed E-state index contributed by atoms with van der Waals surface area (Å²) in [5.41, 5.74) is 0.681. The smallest absolute Gasteiger partial charge is 0.0190 e. The Morgan fingerprint density at radius 2 is 1.42 bits per heavy atom. The quantitative estimate of drug-likeness (QED) is 0.525. The zero-order chi connectivity index (χ0) is 8.28. The monoisotopic (exact) mass is 166 g/mol. The van der Waals surface area contributed by atoms with Gasteiger partial charge in [-0.2, -0.15) is 0 Å². The average Bonchev–Trinajstić information content (AvgIpc) is 2.47. The van der Waals surface area contributed by atoms with E-state index in [9.17, 15) is 0 Å². The molecule has 1 aliphatic carbocycles. The molecule has 1 heterocycles. The topological polar surface area (TPSA) is 14.1 Å². The molecule has 2 fully saturated rings. The first-order valence-electron chi connectivity index (χ1n) is 5.55. The van der Waals surface area contributed by atoms with E-state index in [4.69, 9.17) is 0 Å². The van der Waals surface area contributed by atoms with Crippen LogP contribution in [-0.2, 0) is 0 Å². The molecule has 1 saturated carbocycles. The molecule has 0 aromatic rings. The molecule has 1 spiro atoms. The van der Waals surface area contributed by atoms with Crippen LogP contribution >= 0.6 is 0 Å². The van der Waals surface area contributed by atoms with Crippen LogP contribution in [0, 0.1) is 5.41 Å². The van der Waals surface area contributed by atoms with Gasteiger partial charge in [0.05, 0.1) is 0 Å². The molecule has 1 nitrogen and oxygen atoms in total. The van der Waals surface area contributed by atoms with Crippen LogP contribution in [0.5, 0.6) is 0 Å². The summed E-state index contributed by atoms with van der Waals surface area (Å²) < 4.78 is 0. The van der Waals surface area contributed by atoms with E-state index in [0.717, 1.165) is 6.54 Å². The lowest BCUT2D eigenvalue weighted by Crippen LogP contribution is -2.23. The number of rotatable bonds is 0. The van der Waals surface area contributed by atoms with E-state index in [2.05, 4.69) is 5.32 Å². The van der Waals surface area contributed by atoms with Gasteiger partial charge in [-0.1, -0.05) is 32.1 Å². The Balaban J connectivity index is 1.92. The maximum atomic E-state index is 4.53. The Morgan fingerprint density at radius 3 is 2.00 bits per heavy atom. The molecule has 12 heavy (non-hydrogen) atoms. The van der Waals surface area contributed by atoms with Crippen LogP contribution in [0.15, 0.2) is 0 Å². The van der Waals surface area contributed by atoms with E-state index < -0.39 is 0 Å². The zero-order valence-corrected chi connectivity index (χ0v) is 8.02. The molecule has 2 aliphatic rings. The molecule has 0 N–H and O–H groups in total. The molecule has 1 aliphatic heterocycles. The summed E-state index contributed by atoms with van der Waals surface area (Å²) in [4.78, 5) is 0. The van der Waals surface area contributed by atoms with Gasteiger partial charge in [-0.25, -0.2) is 5.32 Å². The van der Waals surface area contributed by atoms with Crippen molar-refractivity contribution in [3.8, 4) is 0 Å². The van der Waals surface area contributed by atoms with Gasteiger partial charge in [-0.05, 0) is 24.7 Å². The van der Waals surface area contributed by atoms with E-state index in [1.165, 1.54) is 57.9 Å². The first kappa shape index (κ1) is 8.55. The molecule has 1 heteroatoms. The fourth-order valence-electron chi connectivity index (χ4n) is 2.77. The predicted octanol–water partition coefficient (Wildman–Crippen LogP) is 2.73. The third-order valence-corrected chi connectivity index (χ3v) is 3.66. The first-order chi connectivity index (χ1) is 5.91. The highest BCUT2D eigenvalue weighted by Gasteiger charge is 2.33. The van der Waals surface area contributed by atoms with Crippen molar-refractivity contribution >= 4 is 0 Å². The molecule has 1 radical (unpaired) electrons. The Kier molecular flexibility index (Phi) is 2.69. The Labute approximate surface area is 75.9 Å². The minimum absolute atomic E-state index is 0.681. The third-order valence-electron chi connectivity index (χ3n) is 3.66. The van der Waals surface area contributed by atoms with Gasteiger partial charge < -0.3 is 0 Å². The van der Waals surface area contributed by atoms with Crippen molar-refractivity contribution in [2.45, 2.75) is 51.4 Å². The van der Waals surface area contributed by atoms with Gasteiger partial charge in [0.2, 0.25) is 0 Å². The van der Waals surface area contributed by atoms with Crippen LogP contribution in [0.2, 0.25) is 0 Å². The molecule has 0 atom stereocenters. The maximum absolute atomic E-state index is 4.53. The standard InChI is InChI=1S/C11H20N/c1-2-4-6-11(7-5-3-1)8-9-12-10-11/h1-10H2. The van der Waals surface area contributed by atoms with Gasteiger partial charge in [0.25, 0.3) is 0 Å². The molecule has 0 bridgehead atoms. The van der Waals surface area contributed by atoms with E-state index in [0.29, 0.717) is 5.41 Å². The SMILES string of the molecule is C1CCCC2(CCC1)CC[N]C2. The summed E-state index contributed by atoms with van der Waals surface area (Å²) in [6.45, 7) is 2.34. The Hall–Kier alpha value is -0.0400. The van der Waals surface area contributed by atoms with Crippen molar-refractivity contribution < 1.29 is 0 Å². The van der Waals surface area contributed by atoms with Gasteiger partial charge >= 0.3 is 0 Å². The van der Waals surface area contributed by atoms with Crippen LogP contribution in [0.1, 0.15) is 51.4 Å². The average molecular weight is 166 g/mol. The summed E-state index contributed by atoms with van der Waals surface area (Å²) in [6.07, 6.45) is 11.7. The fraction of sp³-hybridized carbons (Fsp3) is 1.00. The second-order valence-corrected chi connectivity index (χ2v) is 4.62. The third kappa shape index (κ3) is 1.82. The molecule has 0 aromatic heterocycles. The van der Waals surface area contributed by atoms with Crippen molar-refractivity contribution in [1.29, 1.82) is 0 Å². The summed E-state index contributed by atoms with van der Waals surface area (Å²) in [6, 6.07) is 0. The van der Waals surface area contributed by atoms with Crippen LogP contribution < -0.4 is 5.32 Å². The lowest BCUT2D eigenvalue weighted by molar-refractivity contribution is 0.236. The number of hydrogen-bond acceptors (Lipinski definition) is 0. The summed E-state index contributed by atoms with van der Waals surface area (Å²) in [5.74, 6) is 0. The second kappa shape index (κ2) is 3.78. The summed E-state index contributed by atoms with van der Waals surface area (Å²) in [5, 5.41) is 4.53. The fourth-order valence-corrected chi connectivity index (χ4v) is 2.77. The lowest BCUT2D eigenvalue weighted by Gasteiger charge is -2.29. The van der Waals surface area contributed by atoms with Crippen LogP contribution in [0.3, 0.4) is 0 Å². The predicted molar refractivity (Wildman–Crippen MR) is 51.2 cm³/mol. The van der Waals surface area contributed by atoms with Gasteiger partial charge in [0.15, 0.2) is 0 Å². The van der Waals surface area contributed by atoms with Gasteiger partial charge in [0.1, 0.15) is 0 Å². The number of hydrogen-bond donors (Lipinski definition) is 0. The molecule has 69 valence electrons. The Bertz CT molecular complexity index is 126. The zero-order valence-electron chi connectivity index (χ0n) is 8.02. The van der Waals surface area contributed by atoms with Crippen molar-refractivity contribution in [3.05, 3.63) is 0 Å².